The molecule has 0 fully saturated rings. The van der Waals surface area contributed by atoms with Gasteiger partial charge >= 0.3 is 0 Å². The molecule has 4 heteroatoms. The maximum atomic E-state index is 5.39. The molecule has 0 heterocycles. The van der Waals surface area contributed by atoms with E-state index in [1.54, 1.807) is 6.92 Å². The highest BCUT2D eigenvalue weighted by Crippen LogP contribution is 1.89. The number of rotatable bonds is 1. The van der Waals surface area contributed by atoms with Crippen molar-refractivity contribution in [2.24, 2.45) is 16.7 Å². The van der Waals surface area contributed by atoms with Crippen LogP contribution in [0.3, 0.4) is 0 Å². The van der Waals surface area contributed by atoms with Crippen LogP contribution in [-0.2, 0) is 0 Å². The molecule has 0 spiro atoms. The summed E-state index contributed by atoms with van der Waals surface area (Å²) in [6.45, 7) is 1.70. The summed E-state index contributed by atoms with van der Waals surface area (Å²) >= 11 is 5.39. The minimum atomic E-state index is -0.259. The molecule has 0 aromatic carbocycles. The van der Waals surface area contributed by atoms with E-state index < -0.39 is 0 Å². The molecule has 0 aromatic heterocycles. The van der Waals surface area contributed by atoms with E-state index in [0.717, 1.165) is 0 Å². The summed E-state index contributed by atoms with van der Waals surface area (Å²) < 4.78 is 0. The molecule has 3 nitrogen and oxygen atoms in total. The SMILES string of the molecule is CC(Cl)C(N)=NN. The van der Waals surface area contributed by atoms with Gasteiger partial charge in [0.1, 0.15) is 5.84 Å². The van der Waals surface area contributed by atoms with Crippen LogP contribution in [0.1, 0.15) is 6.92 Å². The van der Waals surface area contributed by atoms with Gasteiger partial charge in [0.15, 0.2) is 0 Å². The molecule has 0 aliphatic carbocycles. The number of amidine groups is 1. The van der Waals surface area contributed by atoms with E-state index in [0.29, 0.717) is 0 Å². The minimum absolute atomic E-state index is 0.259. The summed E-state index contributed by atoms with van der Waals surface area (Å²) in [5.74, 6) is 5.02. The zero-order chi connectivity index (χ0) is 5.86. The van der Waals surface area contributed by atoms with Crippen LogP contribution in [0.4, 0.5) is 0 Å². The van der Waals surface area contributed by atoms with E-state index in [1.807, 2.05) is 0 Å². The van der Waals surface area contributed by atoms with Crippen molar-refractivity contribution in [2.45, 2.75) is 12.3 Å². The van der Waals surface area contributed by atoms with Crippen LogP contribution in [0.15, 0.2) is 5.10 Å². The number of alkyl halides is 1. The van der Waals surface area contributed by atoms with Gasteiger partial charge in [0.2, 0.25) is 0 Å². The van der Waals surface area contributed by atoms with Gasteiger partial charge in [0, 0.05) is 0 Å². The van der Waals surface area contributed by atoms with E-state index >= 15 is 0 Å². The van der Waals surface area contributed by atoms with Crippen LogP contribution in [0, 0.1) is 0 Å². The second kappa shape index (κ2) is 2.69. The van der Waals surface area contributed by atoms with Crippen molar-refractivity contribution >= 4 is 17.4 Å². The number of hydrazone groups is 1. The normalized spacial score (nSPS) is 16.6. The van der Waals surface area contributed by atoms with Crippen molar-refractivity contribution in [3.63, 3.8) is 0 Å². The Balaban J connectivity index is 3.56. The zero-order valence-electron chi connectivity index (χ0n) is 4.06. The van der Waals surface area contributed by atoms with Gasteiger partial charge in [-0.1, -0.05) is 0 Å². The topological polar surface area (TPSA) is 64.4 Å². The average Bonchev–Trinajstić information content (AvgIpc) is 1.65. The molecule has 0 amide bonds. The minimum Gasteiger partial charge on any atom is -0.384 e. The molecule has 7 heavy (non-hydrogen) atoms. The van der Waals surface area contributed by atoms with Crippen molar-refractivity contribution in [1.82, 2.24) is 0 Å². The molecule has 1 atom stereocenters. The van der Waals surface area contributed by atoms with Crippen LogP contribution in [0.5, 0.6) is 0 Å². The maximum Gasteiger partial charge on any atom is 0.137 e. The Kier molecular flexibility index (Phi) is 2.52. The fourth-order valence-corrected chi connectivity index (χ4v) is 0.159. The van der Waals surface area contributed by atoms with Crippen molar-refractivity contribution < 1.29 is 0 Å². The number of nitrogens with zero attached hydrogens (tertiary/aromatic N) is 1. The predicted molar refractivity (Wildman–Crippen MR) is 31.1 cm³/mol. The maximum absolute atomic E-state index is 5.39. The lowest BCUT2D eigenvalue weighted by atomic mass is 10.4. The lowest BCUT2D eigenvalue weighted by Crippen LogP contribution is -2.22. The number of hydrogen-bond acceptors (Lipinski definition) is 2. The first-order chi connectivity index (χ1) is 3.18. The molecule has 0 aliphatic heterocycles. The molecule has 0 aliphatic rings. The third kappa shape index (κ3) is 2.28. The highest BCUT2D eigenvalue weighted by Gasteiger charge is 1.97. The standard InChI is InChI=1S/C3H8ClN3/c1-2(4)3(5)7-6/h2H,6H2,1H3,(H2,5,7). The first kappa shape index (κ1) is 6.56. The van der Waals surface area contributed by atoms with Gasteiger partial charge in [-0.25, -0.2) is 0 Å². The molecule has 0 saturated heterocycles. The summed E-state index contributed by atoms with van der Waals surface area (Å²) in [5, 5.41) is 2.89. The van der Waals surface area contributed by atoms with Crippen molar-refractivity contribution in [2.75, 3.05) is 0 Å². The van der Waals surface area contributed by atoms with Gasteiger partial charge in [0.05, 0.1) is 5.38 Å². The van der Waals surface area contributed by atoms with Crippen LogP contribution in [0.25, 0.3) is 0 Å². The van der Waals surface area contributed by atoms with Crippen LogP contribution < -0.4 is 11.6 Å². The first-order valence-corrected chi connectivity index (χ1v) is 2.29. The van der Waals surface area contributed by atoms with Gasteiger partial charge in [-0.15, -0.1) is 11.6 Å². The Labute approximate surface area is 47.3 Å². The second-order valence-electron chi connectivity index (χ2n) is 1.17. The van der Waals surface area contributed by atoms with Crippen molar-refractivity contribution in [3.8, 4) is 0 Å². The summed E-state index contributed by atoms with van der Waals surface area (Å²) in [5.41, 5.74) is 5.11. The smallest absolute Gasteiger partial charge is 0.137 e. The monoisotopic (exact) mass is 121 g/mol. The van der Waals surface area contributed by atoms with E-state index in [-0.39, 0.29) is 11.2 Å². The van der Waals surface area contributed by atoms with E-state index in [9.17, 15) is 0 Å². The second-order valence-corrected chi connectivity index (χ2v) is 1.82. The molecule has 0 saturated carbocycles. The molecule has 4 N–H and O–H groups in total. The van der Waals surface area contributed by atoms with E-state index in [1.165, 1.54) is 0 Å². The Hall–Kier alpha value is -0.440. The highest BCUT2D eigenvalue weighted by atomic mass is 35.5. The Morgan fingerprint density at radius 1 is 1.86 bits per heavy atom. The number of hydrogen-bond donors (Lipinski definition) is 2. The molecule has 0 bridgehead atoms. The van der Waals surface area contributed by atoms with Crippen LogP contribution >= 0.6 is 11.6 Å². The third-order valence-electron chi connectivity index (χ3n) is 0.557. The number of nitrogens with two attached hydrogens (primary N) is 2. The largest absolute Gasteiger partial charge is 0.384 e. The van der Waals surface area contributed by atoms with Crippen molar-refractivity contribution in [3.05, 3.63) is 0 Å². The molecule has 0 aromatic rings. The molecule has 0 radical (unpaired) electrons. The van der Waals surface area contributed by atoms with E-state index in [4.69, 9.17) is 23.2 Å². The highest BCUT2D eigenvalue weighted by molar-refractivity contribution is 6.31. The Bertz CT molecular complexity index is 78.2. The molecule has 0 rings (SSSR count). The molecular weight excluding hydrogens is 114 g/mol. The van der Waals surface area contributed by atoms with Crippen LogP contribution in [-0.4, -0.2) is 11.2 Å². The average molecular weight is 122 g/mol. The van der Waals surface area contributed by atoms with Gasteiger partial charge in [0.25, 0.3) is 0 Å². The lowest BCUT2D eigenvalue weighted by molar-refractivity contribution is 1.15. The Morgan fingerprint density at radius 2 is 2.29 bits per heavy atom. The summed E-state index contributed by atoms with van der Waals surface area (Å²) in [6, 6.07) is 0. The molecular formula is C3H8ClN3. The van der Waals surface area contributed by atoms with Gasteiger partial charge < -0.3 is 11.6 Å². The number of halogens is 1. The molecule has 42 valence electrons. The van der Waals surface area contributed by atoms with Gasteiger partial charge in [-0.2, -0.15) is 5.10 Å². The quantitative estimate of drug-likeness (QED) is 0.167. The van der Waals surface area contributed by atoms with Gasteiger partial charge in [-0.05, 0) is 6.92 Å². The fraction of sp³-hybridized carbons (Fsp3) is 0.667. The zero-order valence-corrected chi connectivity index (χ0v) is 4.81. The lowest BCUT2D eigenvalue weighted by Gasteiger charge is -1.95. The summed E-state index contributed by atoms with van der Waals surface area (Å²) in [4.78, 5) is 0. The summed E-state index contributed by atoms with van der Waals surface area (Å²) in [7, 11) is 0. The van der Waals surface area contributed by atoms with Crippen LogP contribution in [0.2, 0.25) is 0 Å². The Morgan fingerprint density at radius 3 is 2.29 bits per heavy atom. The van der Waals surface area contributed by atoms with E-state index in [2.05, 4.69) is 5.10 Å². The first-order valence-electron chi connectivity index (χ1n) is 1.85. The molecule has 1 unspecified atom stereocenters. The predicted octanol–water partition coefficient (Wildman–Crippen LogP) is -0.155. The third-order valence-corrected chi connectivity index (χ3v) is 0.780. The summed E-state index contributed by atoms with van der Waals surface area (Å²) in [6.07, 6.45) is 0. The van der Waals surface area contributed by atoms with Crippen molar-refractivity contribution in [1.29, 1.82) is 0 Å². The fourth-order valence-electron chi connectivity index (χ4n) is 0.103. The van der Waals surface area contributed by atoms with Gasteiger partial charge in [-0.3, -0.25) is 0 Å².